The van der Waals surface area contributed by atoms with Gasteiger partial charge in [0.15, 0.2) is 11.4 Å². The zero-order valence-corrected chi connectivity index (χ0v) is 17.5. The van der Waals surface area contributed by atoms with Crippen molar-refractivity contribution < 1.29 is 9.15 Å². The minimum atomic E-state index is 0.324. The van der Waals surface area contributed by atoms with E-state index in [9.17, 15) is 0 Å². The molecule has 0 aliphatic rings. The van der Waals surface area contributed by atoms with Gasteiger partial charge in [0.1, 0.15) is 29.3 Å². The Morgan fingerprint density at radius 3 is 2.89 bits per heavy atom. The number of benzene rings is 1. The molecule has 5 rings (SSSR count). The summed E-state index contributed by atoms with van der Waals surface area (Å²) in [7, 11) is 0. The Kier molecular flexibility index (Phi) is 4.17. The molecule has 0 unspecified atom stereocenters. The lowest BCUT2D eigenvalue weighted by molar-refractivity contribution is 0.270. The number of fused-ring (bicyclic) bond motifs is 3. The number of para-hydroxylation sites is 1. The lowest BCUT2D eigenvalue weighted by Gasteiger charge is -2.05. The van der Waals surface area contributed by atoms with Gasteiger partial charge in [-0.25, -0.2) is 14.5 Å². The van der Waals surface area contributed by atoms with Gasteiger partial charge in [0.05, 0.1) is 9.86 Å². The number of aryl methyl sites for hydroxylation is 2. The van der Waals surface area contributed by atoms with Gasteiger partial charge in [-0.2, -0.15) is 0 Å². The monoisotopic (exact) mass is 454 g/mol. The van der Waals surface area contributed by atoms with E-state index in [0.717, 1.165) is 26.1 Å². The fraction of sp³-hybridized carbons (Fsp3) is 0.150. The van der Waals surface area contributed by atoms with Crippen molar-refractivity contribution in [3.63, 3.8) is 0 Å². The third-order valence-electron chi connectivity index (χ3n) is 4.59. The molecule has 4 aromatic heterocycles. The van der Waals surface area contributed by atoms with Crippen LogP contribution in [0.15, 0.2) is 51.6 Å². The van der Waals surface area contributed by atoms with Gasteiger partial charge < -0.3 is 9.15 Å². The zero-order chi connectivity index (χ0) is 19.3. The van der Waals surface area contributed by atoms with Crippen LogP contribution in [0, 0.1) is 13.8 Å². The van der Waals surface area contributed by atoms with Crippen LogP contribution >= 0.6 is 27.3 Å². The number of aromatic nitrogens is 4. The fourth-order valence-corrected chi connectivity index (χ4v) is 4.43. The molecular weight excluding hydrogens is 440 g/mol. The smallest absolute Gasteiger partial charge is 0.217 e. The van der Waals surface area contributed by atoms with Crippen LogP contribution in [0.4, 0.5) is 0 Å². The highest BCUT2D eigenvalue weighted by atomic mass is 79.9. The van der Waals surface area contributed by atoms with Crippen molar-refractivity contribution in [3.05, 3.63) is 63.4 Å². The maximum absolute atomic E-state index is 5.91. The Morgan fingerprint density at radius 1 is 1.18 bits per heavy atom. The number of ether oxygens (including phenoxy) is 1. The van der Waals surface area contributed by atoms with Crippen molar-refractivity contribution in [2.45, 2.75) is 20.5 Å². The number of hydrogen-bond acceptors (Lipinski definition) is 6. The van der Waals surface area contributed by atoms with Crippen LogP contribution in [0.2, 0.25) is 0 Å². The van der Waals surface area contributed by atoms with Crippen molar-refractivity contribution in [3.8, 4) is 17.3 Å². The van der Waals surface area contributed by atoms with Crippen LogP contribution in [-0.4, -0.2) is 19.6 Å². The molecule has 0 fully saturated rings. The molecule has 1 aromatic carbocycles. The number of halogens is 1. The molecule has 0 saturated heterocycles. The van der Waals surface area contributed by atoms with Gasteiger partial charge in [0.2, 0.25) is 5.82 Å². The highest BCUT2D eigenvalue weighted by Gasteiger charge is 2.17. The third-order valence-corrected chi connectivity index (χ3v) is 6.36. The van der Waals surface area contributed by atoms with E-state index in [2.05, 4.69) is 39.9 Å². The highest BCUT2D eigenvalue weighted by molar-refractivity contribution is 9.10. The zero-order valence-electron chi connectivity index (χ0n) is 15.1. The summed E-state index contributed by atoms with van der Waals surface area (Å²) in [5, 5.41) is 5.58. The van der Waals surface area contributed by atoms with Gasteiger partial charge in [0.25, 0.3) is 0 Å². The molecule has 28 heavy (non-hydrogen) atoms. The summed E-state index contributed by atoms with van der Waals surface area (Å²) in [4.78, 5) is 11.4. The molecular formula is C20H15BrN4O2S. The molecule has 8 heteroatoms. The van der Waals surface area contributed by atoms with Crippen LogP contribution in [0.1, 0.15) is 16.2 Å². The maximum Gasteiger partial charge on any atom is 0.217 e. The number of rotatable bonds is 4. The molecule has 140 valence electrons. The van der Waals surface area contributed by atoms with Gasteiger partial charge in [-0.3, -0.25) is 0 Å². The average molecular weight is 455 g/mol. The summed E-state index contributed by atoms with van der Waals surface area (Å²) in [5.41, 5.74) is 1.99. The van der Waals surface area contributed by atoms with Crippen molar-refractivity contribution >= 4 is 43.1 Å². The first-order valence-corrected chi connectivity index (χ1v) is 10.3. The van der Waals surface area contributed by atoms with E-state index >= 15 is 0 Å². The van der Waals surface area contributed by atoms with E-state index in [4.69, 9.17) is 14.1 Å². The maximum atomic E-state index is 5.91. The SMILES string of the molecule is Cc1sc2ncn3nc(-c4ccc(COc5ccccc5Br)o4)nc3c2c1C. The number of furan rings is 1. The summed E-state index contributed by atoms with van der Waals surface area (Å²) in [6.07, 6.45) is 1.70. The predicted molar refractivity (Wildman–Crippen MR) is 112 cm³/mol. The number of hydrogen-bond donors (Lipinski definition) is 0. The molecule has 0 N–H and O–H groups in total. The molecule has 4 heterocycles. The quantitative estimate of drug-likeness (QED) is 0.355. The first kappa shape index (κ1) is 17.4. The second-order valence-corrected chi connectivity index (χ2v) is 8.45. The van der Waals surface area contributed by atoms with Crippen molar-refractivity contribution in [2.75, 3.05) is 0 Å². The normalized spacial score (nSPS) is 11.5. The van der Waals surface area contributed by atoms with Gasteiger partial charge in [-0.15, -0.1) is 16.4 Å². The Morgan fingerprint density at radius 2 is 2.04 bits per heavy atom. The summed E-state index contributed by atoms with van der Waals surface area (Å²) < 4.78 is 14.3. The number of thiophene rings is 1. The second kappa shape index (κ2) is 6.72. The van der Waals surface area contributed by atoms with E-state index in [1.165, 1.54) is 10.4 Å². The Balaban J connectivity index is 1.46. The Bertz CT molecular complexity index is 1320. The van der Waals surface area contributed by atoms with Crippen LogP contribution in [0.25, 0.3) is 27.4 Å². The number of nitrogens with zero attached hydrogens (tertiary/aromatic N) is 4. The topological polar surface area (TPSA) is 65.5 Å². The summed E-state index contributed by atoms with van der Waals surface area (Å²) >= 11 is 5.15. The molecule has 0 radical (unpaired) electrons. The fourth-order valence-electron chi connectivity index (χ4n) is 3.04. The summed E-state index contributed by atoms with van der Waals surface area (Å²) in [6, 6.07) is 11.5. The average Bonchev–Trinajstić information content (AvgIpc) is 3.39. The lowest BCUT2D eigenvalue weighted by atomic mass is 10.2. The van der Waals surface area contributed by atoms with E-state index in [1.807, 2.05) is 36.4 Å². The molecule has 0 atom stereocenters. The summed E-state index contributed by atoms with van der Waals surface area (Å²) in [5.74, 6) is 2.61. The van der Waals surface area contributed by atoms with E-state index in [0.29, 0.717) is 24.0 Å². The second-order valence-electron chi connectivity index (χ2n) is 6.40. The Labute approximate surface area is 172 Å². The largest absolute Gasteiger partial charge is 0.484 e. The predicted octanol–water partition coefficient (Wildman–Crippen LogP) is 5.56. The van der Waals surface area contributed by atoms with Crippen LogP contribution in [-0.2, 0) is 6.61 Å². The van der Waals surface area contributed by atoms with Crippen molar-refractivity contribution in [1.29, 1.82) is 0 Å². The molecule has 0 bridgehead atoms. The molecule has 6 nitrogen and oxygen atoms in total. The van der Waals surface area contributed by atoms with E-state index in [1.54, 1.807) is 22.2 Å². The summed E-state index contributed by atoms with van der Waals surface area (Å²) in [6.45, 7) is 4.51. The van der Waals surface area contributed by atoms with E-state index < -0.39 is 0 Å². The Hall–Kier alpha value is -2.71. The third kappa shape index (κ3) is 2.89. The van der Waals surface area contributed by atoms with Crippen molar-refractivity contribution in [2.24, 2.45) is 0 Å². The van der Waals surface area contributed by atoms with Crippen molar-refractivity contribution in [1.82, 2.24) is 19.6 Å². The first-order valence-electron chi connectivity index (χ1n) is 8.67. The molecule has 0 aliphatic heterocycles. The highest BCUT2D eigenvalue weighted by Crippen LogP contribution is 2.32. The molecule has 0 spiro atoms. The van der Waals surface area contributed by atoms with E-state index in [-0.39, 0.29) is 0 Å². The molecule has 0 saturated carbocycles. The first-order chi connectivity index (χ1) is 13.6. The molecule has 0 amide bonds. The minimum Gasteiger partial charge on any atom is -0.484 e. The molecule has 5 aromatic rings. The van der Waals surface area contributed by atoms with Gasteiger partial charge in [-0.1, -0.05) is 12.1 Å². The minimum absolute atomic E-state index is 0.324. The van der Waals surface area contributed by atoms with Gasteiger partial charge >= 0.3 is 0 Å². The lowest BCUT2D eigenvalue weighted by Crippen LogP contribution is -1.94. The molecule has 0 aliphatic carbocycles. The van der Waals surface area contributed by atoms with Gasteiger partial charge in [0, 0.05) is 4.88 Å². The van der Waals surface area contributed by atoms with Crippen LogP contribution in [0.5, 0.6) is 5.75 Å². The van der Waals surface area contributed by atoms with Crippen LogP contribution < -0.4 is 4.74 Å². The van der Waals surface area contributed by atoms with Gasteiger partial charge in [-0.05, 0) is 59.6 Å². The van der Waals surface area contributed by atoms with Crippen LogP contribution in [0.3, 0.4) is 0 Å². The standard InChI is InChI=1S/C20H15BrN4O2S/c1-11-12(2)28-20-17(11)19-23-18(24-25(19)10-22-20)16-8-7-13(27-16)9-26-15-6-4-3-5-14(15)21/h3-8,10H,9H2,1-2H3.